The van der Waals surface area contributed by atoms with Crippen LogP contribution in [0.25, 0.3) is 0 Å². The van der Waals surface area contributed by atoms with Gasteiger partial charge >= 0.3 is 0 Å². The highest BCUT2D eigenvalue weighted by Crippen LogP contribution is 2.06. The van der Waals surface area contributed by atoms with Gasteiger partial charge in [-0.05, 0) is 17.8 Å². The molecular weight excluding hydrogens is 286 g/mol. The zero-order chi connectivity index (χ0) is 15.8. The Kier molecular flexibility index (Phi) is 6.81. The number of nitrogens with zero attached hydrogens (tertiary/aromatic N) is 1. The number of primary amides is 1. The smallest absolute Gasteiger partial charge is 0.228 e. The minimum absolute atomic E-state index is 0.142. The monoisotopic (exact) mass is 307 g/mol. The van der Waals surface area contributed by atoms with Crippen molar-refractivity contribution in [3.8, 4) is 0 Å². The van der Waals surface area contributed by atoms with Crippen LogP contribution in [0, 0.1) is 5.92 Å². The molecule has 0 atom stereocenters. The first kappa shape index (κ1) is 17.1. The molecule has 2 amide bonds. The maximum atomic E-state index is 11.7. The number of benzene rings is 1. The average molecular weight is 307 g/mol. The van der Waals surface area contributed by atoms with Crippen LogP contribution in [-0.2, 0) is 16.1 Å². The lowest BCUT2D eigenvalue weighted by molar-refractivity contribution is -0.122. The third kappa shape index (κ3) is 6.35. The van der Waals surface area contributed by atoms with E-state index in [1.165, 1.54) is 0 Å². The van der Waals surface area contributed by atoms with Gasteiger partial charge in [-0.2, -0.15) is 0 Å². The Hall–Kier alpha value is -1.95. The molecule has 114 valence electrons. The number of nitrogens with two attached hydrogens (primary N) is 1. The van der Waals surface area contributed by atoms with Gasteiger partial charge in [0.05, 0.1) is 0 Å². The molecule has 0 heterocycles. The molecule has 5 nitrogen and oxygen atoms in total. The Morgan fingerprint density at radius 1 is 1.29 bits per heavy atom. The third-order valence-corrected chi connectivity index (χ3v) is 3.25. The van der Waals surface area contributed by atoms with Crippen LogP contribution in [0.2, 0.25) is 0 Å². The summed E-state index contributed by atoms with van der Waals surface area (Å²) in [7, 11) is 0. The van der Waals surface area contributed by atoms with Crippen molar-refractivity contribution in [3.05, 3.63) is 35.9 Å². The number of hydrogen-bond acceptors (Lipinski definition) is 3. The molecule has 0 fully saturated rings. The number of thiocarbonyl (C=S) groups is 1. The van der Waals surface area contributed by atoms with Crippen molar-refractivity contribution >= 4 is 29.1 Å². The van der Waals surface area contributed by atoms with E-state index < -0.39 is 5.91 Å². The van der Waals surface area contributed by atoms with Crippen molar-refractivity contribution in [2.45, 2.75) is 26.8 Å². The molecule has 0 saturated heterocycles. The Balaban J connectivity index is 2.73. The summed E-state index contributed by atoms with van der Waals surface area (Å²) >= 11 is 5.26. The second kappa shape index (κ2) is 8.36. The van der Waals surface area contributed by atoms with Gasteiger partial charge in [0.25, 0.3) is 0 Å². The fraction of sp³-hybridized carbons (Fsp3) is 0.400. The first-order valence-electron chi connectivity index (χ1n) is 6.82. The van der Waals surface area contributed by atoms with Crippen LogP contribution in [0.4, 0.5) is 0 Å². The van der Waals surface area contributed by atoms with E-state index in [4.69, 9.17) is 18.0 Å². The van der Waals surface area contributed by atoms with Crippen molar-refractivity contribution in [2.75, 3.05) is 6.54 Å². The molecule has 0 aliphatic heterocycles. The standard InChI is InChI=1S/C15H21N3O2S/c1-11(2)14(20)17-15(21)18(9-8-13(16)19)10-12-6-4-3-5-7-12/h3-7,11H,8-10H2,1-2H3,(H2,16,19)(H,17,20,21). The summed E-state index contributed by atoms with van der Waals surface area (Å²) in [5.74, 6) is -0.694. The molecule has 1 aromatic rings. The molecule has 0 aliphatic carbocycles. The van der Waals surface area contributed by atoms with E-state index in [0.29, 0.717) is 18.2 Å². The number of amides is 2. The fourth-order valence-electron chi connectivity index (χ4n) is 1.63. The van der Waals surface area contributed by atoms with Gasteiger partial charge in [0, 0.05) is 25.4 Å². The van der Waals surface area contributed by atoms with E-state index >= 15 is 0 Å². The van der Waals surface area contributed by atoms with E-state index in [1.807, 2.05) is 30.3 Å². The molecule has 3 N–H and O–H groups in total. The molecule has 0 aromatic heterocycles. The van der Waals surface area contributed by atoms with Crippen LogP contribution in [0.15, 0.2) is 30.3 Å². The summed E-state index contributed by atoms with van der Waals surface area (Å²) in [6.45, 7) is 4.48. The fourth-order valence-corrected chi connectivity index (χ4v) is 1.89. The SMILES string of the molecule is CC(C)C(=O)NC(=S)N(CCC(N)=O)Cc1ccccc1. The zero-order valence-electron chi connectivity index (χ0n) is 12.3. The summed E-state index contributed by atoms with van der Waals surface area (Å²) in [5.41, 5.74) is 6.23. The predicted molar refractivity (Wildman–Crippen MR) is 86.2 cm³/mol. The first-order valence-corrected chi connectivity index (χ1v) is 7.23. The number of carbonyl (C=O) groups is 2. The maximum absolute atomic E-state index is 11.7. The van der Waals surface area contributed by atoms with Gasteiger partial charge in [-0.15, -0.1) is 0 Å². The summed E-state index contributed by atoms with van der Waals surface area (Å²) in [4.78, 5) is 24.5. The van der Waals surface area contributed by atoms with Crippen molar-refractivity contribution in [3.63, 3.8) is 0 Å². The summed E-state index contributed by atoms with van der Waals surface area (Å²) < 4.78 is 0. The molecule has 0 radical (unpaired) electrons. The highest BCUT2D eigenvalue weighted by atomic mass is 32.1. The molecule has 6 heteroatoms. The molecule has 0 bridgehead atoms. The van der Waals surface area contributed by atoms with E-state index in [1.54, 1.807) is 18.7 Å². The highest BCUT2D eigenvalue weighted by Gasteiger charge is 2.15. The Morgan fingerprint density at radius 3 is 2.43 bits per heavy atom. The Morgan fingerprint density at radius 2 is 1.90 bits per heavy atom. The first-order chi connectivity index (χ1) is 9.90. The van der Waals surface area contributed by atoms with Crippen LogP contribution in [-0.4, -0.2) is 28.4 Å². The number of rotatable bonds is 6. The van der Waals surface area contributed by atoms with Crippen LogP contribution in [0.3, 0.4) is 0 Å². The summed E-state index contributed by atoms with van der Waals surface area (Å²) in [6.07, 6.45) is 0.185. The lowest BCUT2D eigenvalue weighted by atomic mass is 10.2. The predicted octanol–water partition coefficient (Wildman–Crippen LogP) is 1.42. The van der Waals surface area contributed by atoms with Gasteiger partial charge in [0.2, 0.25) is 11.8 Å². The molecule has 0 aliphatic rings. The van der Waals surface area contributed by atoms with Crippen LogP contribution < -0.4 is 11.1 Å². The zero-order valence-corrected chi connectivity index (χ0v) is 13.2. The van der Waals surface area contributed by atoms with Crippen LogP contribution >= 0.6 is 12.2 Å². The van der Waals surface area contributed by atoms with E-state index in [9.17, 15) is 9.59 Å². The van der Waals surface area contributed by atoms with Gasteiger partial charge in [0.1, 0.15) is 0 Å². The number of hydrogen-bond donors (Lipinski definition) is 2. The average Bonchev–Trinajstić information content (AvgIpc) is 2.44. The topological polar surface area (TPSA) is 75.4 Å². The highest BCUT2D eigenvalue weighted by molar-refractivity contribution is 7.80. The molecular formula is C15H21N3O2S. The Labute approximate surface area is 130 Å². The van der Waals surface area contributed by atoms with E-state index in [2.05, 4.69) is 5.32 Å². The molecule has 0 spiro atoms. The lowest BCUT2D eigenvalue weighted by Gasteiger charge is -2.25. The number of carbonyl (C=O) groups excluding carboxylic acids is 2. The van der Waals surface area contributed by atoms with E-state index in [-0.39, 0.29) is 18.2 Å². The normalized spacial score (nSPS) is 10.2. The van der Waals surface area contributed by atoms with Crippen molar-refractivity contribution in [1.82, 2.24) is 10.2 Å². The maximum Gasteiger partial charge on any atom is 0.228 e. The second-order valence-electron chi connectivity index (χ2n) is 5.07. The van der Waals surface area contributed by atoms with Gasteiger partial charge in [-0.1, -0.05) is 44.2 Å². The van der Waals surface area contributed by atoms with Gasteiger partial charge < -0.3 is 16.0 Å². The minimum Gasteiger partial charge on any atom is -0.370 e. The van der Waals surface area contributed by atoms with Gasteiger partial charge in [-0.3, -0.25) is 9.59 Å². The molecule has 0 unspecified atom stereocenters. The molecule has 21 heavy (non-hydrogen) atoms. The lowest BCUT2D eigenvalue weighted by Crippen LogP contribution is -2.44. The van der Waals surface area contributed by atoms with Crippen molar-refractivity contribution < 1.29 is 9.59 Å². The largest absolute Gasteiger partial charge is 0.370 e. The van der Waals surface area contributed by atoms with Crippen molar-refractivity contribution in [2.24, 2.45) is 11.7 Å². The second-order valence-corrected chi connectivity index (χ2v) is 5.46. The number of nitrogens with one attached hydrogen (secondary N) is 1. The van der Waals surface area contributed by atoms with Crippen LogP contribution in [0.5, 0.6) is 0 Å². The van der Waals surface area contributed by atoms with E-state index in [0.717, 1.165) is 5.56 Å². The molecule has 1 aromatic carbocycles. The van der Waals surface area contributed by atoms with Crippen molar-refractivity contribution in [1.29, 1.82) is 0 Å². The third-order valence-electron chi connectivity index (χ3n) is 2.89. The van der Waals surface area contributed by atoms with Gasteiger partial charge in [-0.25, -0.2) is 0 Å². The summed E-state index contributed by atoms with van der Waals surface area (Å²) in [5, 5.41) is 3.01. The Bertz CT molecular complexity index is 503. The minimum atomic E-state index is -0.397. The van der Waals surface area contributed by atoms with Crippen LogP contribution in [0.1, 0.15) is 25.8 Å². The quantitative estimate of drug-likeness (QED) is 0.780. The van der Waals surface area contributed by atoms with Gasteiger partial charge in [0.15, 0.2) is 5.11 Å². The molecule has 1 rings (SSSR count). The molecule has 0 saturated carbocycles. The summed E-state index contributed by atoms with van der Waals surface area (Å²) in [6, 6.07) is 9.71.